The second-order valence-electron chi connectivity index (χ2n) is 9.14. The van der Waals surface area contributed by atoms with Crippen molar-refractivity contribution in [2.45, 2.75) is 0 Å². The lowest BCUT2D eigenvalue weighted by Gasteiger charge is -2.44. The summed E-state index contributed by atoms with van der Waals surface area (Å²) < 4.78 is 4.80. The highest BCUT2D eigenvalue weighted by molar-refractivity contribution is 6.76. The monoisotopic (exact) mass is 448 g/mol. The minimum Gasteiger partial charge on any atom is -0.353 e. The second-order valence-corrected chi connectivity index (χ2v) is 9.14. The van der Waals surface area contributed by atoms with Gasteiger partial charge in [-0.05, 0) is 72.4 Å². The number of nitrogens with zero attached hydrogens (tertiary/aromatic N) is 4. The first-order valence-corrected chi connectivity index (χ1v) is 12.0. The fourth-order valence-electron chi connectivity index (χ4n) is 5.91. The summed E-state index contributed by atoms with van der Waals surface area (Å²) >= 11 is 0. The lowest BCUT2D eigenvalue weighted by molar-refractivity contribution is 1.01. The number of rotatable bonds is 2. The van der Waals surface area contributed by atoms with Crippen LogP contribution < -0.4 is 15.3 Å². The third-order valence-electron chi connectivity index (χ3n) is 7.29. The molecule has 0 N–H and O–H groups in total. The Morgan fingerprint density at radius 1 is 0.514 bits per heavy atom. The van der Waals surface area contributed by atoms with Gasteiger partial charge >= 0.3 is 6.98 Å². The van der Waals surface area contributed by atoms with Gasteiger partial charge in [-0.25, -0.2) is 0 Å². The highest BCUT2D eigenvalue weighted by atomic mass is 15.3. The van der Waals surface area contributed by atoms with Gasteiger partial charge in [0.15, 0.2) is 0 Å². The molecule has 0 aliphatic carbocycles. The number of hydrogen-bond donors (Lipinski definition) is 0. The van der Waals surface area contributed by atoms with Crippen molar-refractivity contribution in [2.24, 2.45) is 0 Å². The first kappa shape index (κ1) is 18.8. The fourth-order valence-corrected chi connectivity index (χ4v) is 5.91. The van der Waals surface area contributed by atoms with Crippen molar-refractivity contribution in [3.8, 4) is 0 Å². The van der Waals surface area contributed by atoms with Crippen molar-refractivity contribution in [1.82, 2.24) is 8.96 Å². The zero-order valence-corrected chi connectivity index (χ0v) is 19.0. The van der Waals surface area contributed by atoms with Crippen molar-refractivity contribution in [3.05, 3.63) is 128 Å². The summed E-state index contributed by atoms with van der Waals surface area (Å²) in [7, 11) is 0. The lowest BCUT2D eigenvalue weighted by atomic mass is 9.62. The van der Waals surface area contributed by atoms with Crippen LogP contribution in [0.15, 0.2) is 128 Å². The Bertz CT molecular complexity index is 1710. The van der Waals surface area contributed by atoms with Crippen LogP contribution in [0, 0.1) is 0 Å². The van der Waals surface area contributed by atoms with Crippen LogP contribution in [-0.4, -0.2) is 15.9 Å². The van der Waals surface area contributed by atoms with E-state index in [2.05, 4.69) is 146 Å². The summed E-state index contributed by atoms with van der Waals surface area (Å²) in [6.45, 7) is 0.0412. The first-order valence-electron chi connectivity index (χ1n) is 12.0. The molecule has 0 radical (unpaired) electrons. The van der Waals surface area contributed by atoms with Crippen LogP contribution in [-0.2, 0) is 0 Å². The Kier molecular flexibility index (Phi) is 3.72. The third kappa shape index (κ3) is 2.47. The van der Waals surface area contributed by atoms with Crippen molar-refractivity contribution in [2.75, 3.05) is 9.80 Å². The summed E-state index contributed by atoms with van der Waals surface area (Å²) in [5, 5.41) is 2.50. The quantitative estimate of drug-likeness (QED) is 0.271. The predicted octanol–water partition coefficient (Wildman–Crippen LogP) is 6.80. The summed E-state index contributed by atoms with van der Waals surface area (Å²) in [6.07, 6.45) is 4.42. The SMILES string of the molecule is c1ccc(N2c3cc4ccccc4c4c3B(n3cccc32)n2cccc2N4c2ccccc2)cc1. The van der Waals surface area contributed by atoms with E-state index in [1.54, 1.807) is 0 Å². The highest BCUT2D eigenvalue weighted by Gasteiger charge is 2.44. The van der Waals surface area contributed by atoms with Gasteiger partial charge in [-0.2, -0.15) is 0 Å². The van der Waals surface area contributed by atoms with Crippen LogP contribution in [0.25, 0.3) is 10.8 Å². The van der Waals surface area contributed by atoms with Gasteiger partial charge < -0.3 is 8.96 Å². The molecule has 6 aromatic rings. The number of anilines is 6. The van der Waals surface area contributed by atoms with Gasteiger partial charge in [0.2, 0.25) is 0 Å². The maximum absolute atomic E-state index is 2.43. The van der Waals surface area contributed by atoms with Crippen LogP contribution in [0.1, 0.15) is 0 Å². The number of para-hydroxylation sites is 2. The first-order chi connectivity index (χ1) is 17.4. The molecule has 35 heavy (non-hydrogen) atoms. The second kappa shape index (κ2) is 6.94. The average Bonchev–Trinajstić information content (AvgIpc) is 3.59. The zero-order valence-electron chi connectivity index (χ0n) is 19.0. The number of aromatic nitrogens is 2. The number of fused-ring (bicyclic) bond motifs is 6. The molecule has 164 valence electrons. The van der Waals surface area contributed by atoms with E-state index in [1.165, 1.54) is 39.2 Å². The Morgan fingerprint density at radius 2 is 1.09 bits per heavy atom. The summed E-state index contributed by atoms with van der Waals surface area (Å²) in [4.78, 5) is 4.83. The van der Waals surface area contributed by atoms with Crippen molar-refractivity contribution < 1.29 is 0 Å². The minimum absolute atomic E-state index is 0.0412. The molecule has 0 saturated carbocycles. The molecule has 8 rings (SSSR count). The molecule has 0 saturated heterocycles. The molecule has 2 aliphatic heterocycles. The van der Waals surface area contributed by atoms with Gasteiger partial charge in [0.25, 0.3) is 0 Å². The predicted molar refractivity (Wildman–Crippen MR) is 145 cm³/mol. The van der Waals surface area contributed by atoms with Crippen LogP contribution >= 0.6 is 0 Å². The summed E-state index contributed by atoms with van der Waals surface area (Å²) in [6, 6.07) is 41.3. The Balaban J connectivity index is 1.55. The molecule has 2 aliphatic rings. The van der Waals surface area contributed by atoms with Crippen molar-refractivity contribution in [3.63, 3.8) is 0 Å². The van der Waals surface area contributed by atoms with Gasteiger partial charge in [-0.15, -0.1) is 0 Å². The maximum Gasteiger partial charge on any atom is 0.426 e. The molecule has 5 heteroatoms. The van der Waals surface area contributed by atoms with E-state index in [1.807, 2.05) is 0 Å². The molecule has 0 atom stereocenters. The van der Waals surface area contributed by atoms with E-state index in [4.69, 9.17) is 0 Å². The van der Waals surface area contributed by atoms with Crippen molar-refractivity contribution in [1.29, 1.82) is 0 Å². The maximum atomic E-state index is 2.43. The largest absolute Gasteiger partial charge is 0.426 e. The topological polar surface area (TPSA) is 16.3 Å². The average molecular weight is 448 g/mol. The minimum atomic E-state index is 0.0412. The molecular weight excluding hydrogens is 427 g/mol. The lowest BCUT2D eigenvalue weighted by Crippen LogP contribution is -2.55. The zero-order chi connectivity index (χ0) is 22.9. The smallest absolute Gasteiger partial charge is 0.353 e. The van der Waals surface area contributed by atoms with Gasteiger partial charge in [0, 0.05) is 27.9 Å². The van der Waals surface area contributed by atoms with Gasteiger partial charge in [-0.1, -0.05) is 60.7 Å². The van der Waals surface area contributed by atoms with Gasteiger partial charge in [-0.3, -0.25) is 9.80 Å². The fraction of sp³-hybridized carbons (Fsp3) is 0. The molecule has 2 aromatic heterocycles. The molecule has 0 amide bonds. The van der Waals surface area contributed by atoms with Crippen LogP contribution in [0.4, 0.5) is 34.4 Å². The van der Waals surface area contributed by atoms with Gasteiger partial charge in [0.05, 0.1) is 5.69 Å². The molecule has 4 aromatic carbocycles. The molecule has 0 spiro atoms. The van der Waals surface area contributed by atoms with Crippen molar-refractivity contribution >= 4 is 57.6 Å². The molecule has 0 unspecified atom stereocenters. The highest BCUT2D eigenvalue weighted by Crippen LogP contribution is 2.48. The Labute approximate surface area is 204 Å². The number of hydrogen-bond acceptors (Lipinski definition) is 2. The standard InChI is InChI=1S/C30H21BN4/c1-3-12-23(13-4-1)34-26-21-22-11-7-8-16-25(22)30-29(26)31(32-19-9-17-27(32)34)33-20-10-18-28(33)35(30)24-14-5-2-6-15-24/h1-21H. The molecule has 4 heterocycles. The third-order valence-corrected chi connectivity index (χ3v) is 7.29. The number of benzene rings is 4. The summed E-state index contributed by atoms with van der Waals surface area (Å²) in [5.74, 6) is 2.34. The molecular formula is C30H21BN4. The summed E-state index contributed by atoms with van der Waals surface area (Å²) in [5.41, 5.74) is 6.10. The molecule has 0 fully saturated rings. The molecule has 4 nitrogen and oxygen atoms in total. The van der Waals surface area contributed by atoms with E-state index in [0.717, 1.165) is 11.4 Å². The Morgan fingerprint density at radius 3 is 1.77 bits per heavy atom. The van der Waals surface area contributed by atoms with E-state index in [0.29, 0.717) is 0 Å². The van der Waals surface area contributed by atoms with E-state index in [9.17, 15) is 0 Å². The van der Waals surface area contributed by atoms with E-state index in [-0.39, 0.29) is 6.98 Å². The van der Waals surface area contributed by atoms with E-state index >= 15 is 0 Å². The van der Waals surface area contributed by atoms with E-state index < -0.39 is 0 Å². The normalized spacial score (nSPS) is 13.5. The molecule has 0 bridgehead atoms. The van der Waals surface area contributed by atoms with Crippen LogP contribution in [0.3, 0.4) is 0 Å². The van der Waals surface area contributed by atoms with Crippen LogP contribution in [0.2, 0.25) is 0 Å². The Hall–Kier alpha value is -4.64. The van der Waals surface area contributed by atoms with Gasteiger partial charge in [0.1, 0.15) is 11.6 Å². The van der Waals surface area contributed by atoms with Crippen LogP contribution in [0.5, 0.6) is 0 Å².